The standard InChI is InChI=1S/C23H27N3O2S/c1-5-6-21-22(27)26(15-18-8-11-20(28-4)12-9-18)23(29-21)25-24-14-19-10-7-16(2)13-17(19)3/h7-14,21H,5-6,15H2,1-4H3/b24-14+,25-23-. The van der Waals surface area contributed by atoms with Gasteiger partial charge in [0.15, 0.2) is 5.17 Å². The first-order valence-corrected chi connectivity index (χ1v) is 10.7. The van der Waals surface area contributed by atoms with E-state index < -0.39 is 0 Å². The van der Waals surface area contributed by atoms with Gasteiger partial charge in [-0.3, -0.25) is 9.69 Å². The Balaban J connectivity index is 1.81. The van der Waals surface area contributed by atoms with Gasteiger partial charge in [0.25, 0.3) is 0 Å². The van der Waals surface area contributed by atoms with Gasteiger partial charge >= 0.3 is 0 Å². The van der Waals surface area contributed by atoms with Crippen LogP contribution in [0.5, 0.6) is 5.75 Å². The molecule has 29 heavy (non-hydrogen) atoms. The van der Waals surface area contributed by atoms with E-state index in [2.05, 4.69) is 43.1 Å². The first-order chi connectivity index (χ1) is 14.0. The SMILES string of the molecule is CCCC1S/C(=N\N=C\c2ccc(C)cc2C)N(Cc2ccc(OC)cc2)C1=O. The summed E-state index contributed by atoms with van der Waals surface area (Å²) in [5.41, 5.74) is 4.43. The van der Waals surface area contributed by atoms with Crippen LogP contribution in [0, 0.1) is 13.8 Å². The van der Waals surface area contributed by atoms with Crippen LogP contribution in [0.2, 0.25) is 0 Å². The summed E-state index contributed by atoms with van der Waals surface area (Å²) in [4.78, 5) is 14.6. The molecule has 1 saturated heterocycles. The van der Waals surface area contributed by atoms with Crippen LogP contribution in [0.25, 0.3) is 0 Å². The summed E-state index contributed by atoms with van der Waals surface area (Å²) in [6.07, 6.45) is 3.55. The van der Waals surface area contributed by atoms with Gasteiger partial charge in [-0.2, -0.15) is 5.10 Å². The van der Waals surface area contributed by atoms with Gasteiger partial charge in [-0.1, -0.05) is 61.0 Å². The minimum absolute atomic E-state index is 0.0895. The molecule has 1 aliphatic rings. The van der Waals surface area contributed by atoms with E-state index in [4.69, 9.17) is 4.74 Å². The minimum atomic E-state index is -0.0895. The Morgan fingerprint density at radius 3 is 2.59 bits per heavy atom. The fourth-order valence-corrected chi connectivity index (χ4v) is 4.41. The molecule has 2 aromatic rings. The van der Waals surface area contributed by atoms with Crippen molar-refractivity contribution in [2.24, 2.45) is 10.2 Å². The predicted molar refractivity (Wildman–Crippen MR) is 121 cm³/mol. The number of aryl methyl sites for hydroxylation is 2. The number of amides is 1. The molecule has 0 saturated carbocycles. The molecule has 1 unspecified atom stereocenters. The molecule has 0 radical (unpaired) electrons. The number of thioether (sulfide) groups is 1. The smallest absolute Gasteiger partial charge is 0.242 e. The average Bonchev–Trinajstić information content (AvgIpc) is 2.99. The fraction of sp³-hybridized carbons (Fsp3) is 0.348. The number of amidine groups is 1. The zero-order valence-corrected chi connectivity index (χ0v) is 18.2. The summed E-state index contributed by atoms with van der Waals surface area (Å²) in [6, 6.07) is 14.0. The summed E-state index contributed by atoms with van der Waals surface area (Å²) in [7, 11) is 1.64. The Labute approximate surface area is 176 Å². The molecule has 0 N–H and O–H groups in total. The number of carbonyl (C=O) groups excluding carboxylic acids is 1. The molecule has 0 aromatic heterocycles. The van der Waals surface area contributed by atoms with Crippen LogP contribution in [0.1, 0.15) is 42.0 Å². The Morgan fingerprint density at radius 1 is 1.17 bits per heavy atom. The molecule has 0 spiro atoms. The number of benzene rings is 2. The van der Waals surface area contributed by atoms with Crippen molar-refractivity contribution in [1.82, 2.24) is 4.90 Å². The zero-order chi connectivity index (χ0) is 20.8. The highest BCUT2D eigenvalue weighted by Gasteiger charge is 2.37. The van der Waals surface area contributed by atoms with Crippen molar-refractivity contribution in [1.29, 1.82) is 0 Å². The third kappa shape index (κ3) is 5.26. The molecule has 3 rings (SSSR count). The van der Waals surface area contributed by atoms with Crippen molar-refractivity contribution in [2.45, 2.75) is 45.4 Å². The molecule has 6 heteroatoms. The first kappa shape index (κ1) is 21.1. The molecule has 0 bridgehead atoms. The van der Waals surface area contributed by atoms with Crippen molar-refractivity contribution in [3.8, 4) is 5.75 Å². The van der Waals surface area contributed by atoms with Gasteiger partial charge < -0.3 is 4.74 Å². The molecule has 1 heterocycles. The van der Waals surface area contributed by atoms with Crippen LogP contribution in [0.15, 0.2) is 52.7 Å². The van der Waals surface area contributed by atoms with Gasteiger partial charge in [0, 0.05) is 0 Å². The molecular weight excluding hydrogens is 382 g/mol. The lowest BCUT2D eigenvalue weighted by atomic mass is 10.1. The highest BCUT2D eigenvalue weighted by atomic mass is 32.2. The van der Waals surface area contributed by atoms with Crippen LogP contribution < -0.4 is 4.74 Å². The second-order valence-electron chi connectivity index (χ2n) is 7.15. The number of nitrogens with zero attached hydrogens (tertiary/aromatic N) is 3. The van der Waals surface area contributed by atoms with Crippen LogP contribution >= 0.6 is 11.8 Å². The van der Waals surface area contributed by atoms with E-state index in [9.17, 15) is 4.79 Å². The third-order valence-electron chi connectivity index (χ3n) is 4.84. The van der Waals surface area contributed by atoms with Crippen molar-refractivity contribution < 1.29 is 9.53 Å². The highest BCUT2D eigenvalue weighted by molar-refractivity contribution is 8.15. The maximum atomic E-state index is 12.9. The van der Waals surface area contributed by atoms with Gasteiger partial charge in [-0.25, -0.2) is 0 Å². The largest absolute Gasteiger partial charge is 0.497 e. The van der Waals surface area contributed by atoms with E-state index in [1.807, 2.05) is 30.3 Å². The monoisotopic (exact) mass is 409 g/mol. The highest BCUT2D eigenvalue weighted by Crippen LogP contribution is 2.32. The summed E-state index contributed by atoms with van der Waals surface area (Å²) < 4.78 is 5.22. The Hall–Kier alpha value is -2.60. The van der Waals surface area contributed by atoms with E-state index in [1.165, 1.54) is 17.3 Å². The first-order valence-electron chi connectivity index (χ1n) is 9.81. The zero-order valence-electron chi connectivity index (χ0n) is 17.4. The molecule has 0 aliphatic carbocycles. The van der Waals surface area contributed by atoms with Crippen LogP contribution in [0.4, 0.5) is 0 Å². The van der Waals surface area contributed by atoms with E-state index in [0.29, 0.717) is 11.7 Å². The van der Waals surface area contributed by atoms with Crippen LogP contribution in [-0.2, 0) is 11.3 Å². The molecule has 152 valence electrons. The van der Waals surface area contributed by atoms with Gasteiger partial charge in [0.1, 0.15) is 5.75 Å². The lowest BCUT2D eigenvalue weighted by molar-refractivity contribution is -0.126. The van der Waals surface area contributed by atoms with Gasteiger partial charge in [-0.05, 0) is 49.1 Å². The summed E-state index contributed by atoms with van der Waals surface area (Å²) in [5.74, 6) is 0.903. The predicted octanol–water partition coefficient (Wildman–Crippen LogP) is 4.95. The summed E-state index contributed by atoms with van der Waals surface area (Å²) in [6.45, 7) is 6.70. The van der Waals surface area contributed by atoms with E-state index in [1.54, 1.807) is 18.2 Å². The number of ether oxygens (including phenoxy) is 1. The number of carbonyl (C=O) groups is 1. The Kier molecular flexibility index (Phi) is 7.09. The molecule has 1 amide bonds. The van der Waals surface area contributed by atoms with E-state index >= 15 is 0 Å². The van der Waals surface area contributed by atoms with E-state index in [-0.39, 0.29) is 11.2 Å². The molecule has 1 atom stereocenters. The van der Waals surface area contributed by atoms with Crippen LogP contribution in [-0.4, -0.2) is 34.5 Å². The maximum Gasteiger partial charge on any atom is 0.242 e. The molecule has 5 nitrogen and oxygen atoms in total. The van der Waals surface area contributed by atoms with Gasteiger partial charge in [0.05, 0.1) is 25.1 Å². The molecule has 1 fully saturated rings. The minimum Gasteiger partial charge on any atom is -0.497 e. The van der Waals surface area contributed by atoms with Gasteiger partial charge in [-0.15, -0.1) is 5.10 Å². The number of hydrogen-bond acceptors (Lipinski definition) is 5. The quantitative estimate of drug-likeness (QED) is 0.480. The summed E-state index contributed by atoms with van der Waals surface area (Å²) >= 11 is 1.51. The Bertz CT molecular complexity index is 922. The van der Waals surface area contributed by atoms with Gasteiger partial charge in [0.2, 0.25) is 5.91 Å². The van der Waals surface area contributed by atoms with Crippen molar-refractivity contribution in [2.75, 3.05) is 7.11 Å². The second-order valence-corrected chi connectivity index (χ2v) is 8.32. The number of hydrogen-bond donors (Lipinski definition) is 0. The fourth-order valence-electron chi connectivity index (χ4n) is 3.20. The second kappa shape index (κ2) is 9.74. The molecular formula is C23H27N3O2S. The average molecular weight is 410 g/mol. The van der Waals surface area contributed by atoms with Crippen LogP contribution in [0.3, 0.4) is 0 Å². The topological polar surface area (TPSA) is 54.3 Å². The molecule has 2 aromatic carbocycles. The van der Waals surface area contributed by atoms with Crippen molar-refractivity contribution in [3.63, 3.8) is 0 Å². The Morgan fingerprint density at radius 2 is 1.93 bits per heavy atom. The molecule has 1 aliphatic heterocycles. The maximum absolute atomic E-state index is 12.9. The lowest BCUT2D eigenvalue weighted by Gasteiger charge is -2.16. The third-order valence-corrected chi connectivity index (χ3v) is 6.07. The number of methoxy groups -OCH3 is 1. The summed E-state index contributed by atoms with van der Waals surface area (Å²) in [5, 5.41) is 9.26. The lowest BCUT2D eigenvalue weighted by Crippen LogP contribution is -2.31. The van der Waals surface area contributed by atoms with E-state index in [0.717, 1.165) is 35.3 Å². The van der Waals surface area contributed by atoms with Crippen molar-refractivity contribution in [3.05, 3.63) is 64.7 Å². The van der Waals surface area contributed by atoms with Crippen molar-refractivity contribution >= 4 is 29.1 Å². The number of rotatable bonds is 7. The normalized spacial score (nSPS) is 18.2.